The molecule has 104 valence electrons. The molecule has 0 unspecified atom stereocenters. The highest BCUT2D eigenvalue weighted by Crippen LogP contribution is 2.23. The molecule has 2 N–H and O–H groups in total. The lowest BCUT2D eigenvalue weighted by Gasteiger charge is -2.14. The molecule has 0 aliphatic heterocycles. The largest absolute Gasteiger partial charge is 0.397 e. The Kier molecular flexibility index (Phi) is 4.14. The van der Waals surface area contributed by atoms with E-state index in [0.29, 0.717) is 17.3 Å². The first-order valence-corrected chi connectivity index (χ1v) is 6.94. The molecule has 0 bridgehead atoms. The molecule has 1 aromatic carbocycles. The van der Waals surface area contributed by atoms with Crippen molar-refractivity contribution in [1.29, 1.82) is 5.26 Å². The Morgan fingerprint density at radius 2 is 2.05 bits per heavy atom. The number of nitrogens with two attached hydrogens (primary N) is 1. The van der Waals surface area contributed by atoms with E-state index in [0.717, 1.165) is 18.7 Å². The molecular weight excluding hydrogens is 246 g/mol. The van der Waals surface area contributed by atoms with Crippen LogP contribution in [0.1, 0.15) is 36.4 Å². The molecular formula is C17H21N3. The maximum Gasteiger partial charge on any atom is 0.122 e. The Bertz CT molecular complexity index is 645. The average Bonchev–Trinajstić information content (AvgIpc) is 2.66. The first-order valence-electron chi connectivity index (χ1n) is 6.94. The minimum absolute atomic E-state index is 0.477. The lowest BCUT2D eigenvalue weighted by molar-refractivity contribution is 0.511. The van der Waals surface area contributed by atoms with Crippen LogP contribution in [0.4, 0.5) is 5.69 Å². The summed E-state index contributed by atoms with van der Waals surface area (Å²) in [6.07, 6.45) is 0.766. The van der Waals surface area contributed by atoms with Gasteiger partial charge in [0.15, 0.2) is 0 Å². The summed E-state index contributed by atoms with van der Waals surface area (Å²) in [6, 6.07) is 12.4. The molecule has 1 heterocycles. The molecule has 2 aromatic rings. The van der Waals surface area contributed by atoms with Gasteiger partial charge in [-0.2, -0.15) is 5.26 Å². The number of hydrogen-bond acceptors (Lipinski definition) is 2. The van der Waals surface area contributed by atoms with Crippen LogP contribution in [0.25, 0.3) is 0 Å². The summed E-state index contributed by atoms with van der Waals surface area (Å²) in [7, 11) is 0. The molecule has 0 saturated heterocycles. The minimum atomic E-state index is 0.477. The van der Waals surface area contributed by atoms with Crippen LogP contribution in [0.3, 0.4) is 0 Å². The van der Waals surface area contributed by atoms with Crippen molar-refractivity contribution in [1.82, 2.24) is 4.57 Å². The van der Waals surface area contributed by atoms with Gasteiger partial charge in [0.2, 0.25) is 0 Å². The maximum atomic E-state index is 9.25. The van der Waals surface area contributed by atoms with E-state index in [1.807, 2.05) is 0 Å². The second-order valence-corrected chi connectivity index (χ2v) is 5.71. The van der Waals surface area contributed by atoms with Crippen molar-refractivity contribution >= 4 is 5.69 Å². The first-order chi connectivity index (χ1) is 9.51. The van der Waals surface area contributed by atoms with Crippen molar-refractivity contribution in [3.63, 3.8) is 0 Å². The van der Waals surface area contributed by atoms with Gasteiger partial charge in [-0.3, -0.25) is 0 Å². The van der Waals surface area contributed by atoms with Gasteiger partial charge in [0.25, 0.3) is 0 Å². The predicted molar refractivity (Wildman–Crippen MR) is 82.4 cm³/mol. The second-order valence-electron chi connectivity index (χ2n) is 5.71. The third kappa shape index (κ3) is 3.03. The summed E-state index contributed by atoms with van der Waals surface area (Å²) in [5, 5.41) is 9.25. The zero-order chi connectivity index (χ0) is 14.7. The van der Waals surface area contributed by atoms with Crippen molar-refractivity contribution in [3.05, 3.63) is 52.8 Å². The highest BCUT2D eigenvalue weighted by molar-refractivity contribution is 5.52. The Hall–Kier alpha value is -2.21. The van der Waals surface area contributed by atoms with E-state index in [2.05, 4.69) is 55.7 Å². The first kappa shape index (κ1) is 14.2. The van der Waals surface area contributed by atoms with E-state index >= 15 is 0 Å². The summed E-state index contributed by atoms with van der Waals surface area (Å²) in [5.74, 6) is 0.477. The van der Waals surface area contributed by atoms with E-state index in [1.165, 1.54) is 11.1 Å². The van der Waals surface area contributed by atoms with Crippen LogP contribution in [0.2, 0.25) is 0 Å². The molecule has 0 fully saturated rings. The third-order valence-corrected chi connectivity index (χ3v) is 3.36. The van der Waals surface area contributed by atoms with Gasteiger partial charge >= 0.3 is 0 Å². The number of aryl methyl sites for hydroxylation is 1. The highest BCUT2D eigenvalue weighted by atomic mass is 15.0. The van der Waals surface area contributed by atoms with Gasteiger partial charge in [-0.25, -0.2) is 0 Å². The summed E-state index contributed by atoms with van der Waals surface area (Å²) >= 11 is 0. The fourth-order valence-corrected chi connectivity index (χ4v) is 2.49. The fourth-order valence-electron chi connectivity index (χ4n) is 2.49. The molecule has 3 heteroatoms. The zero-order valence-electron chi connectivity index (χ0n) is 12.4. The Morgan fingerprint density at radius 1 is 1.30 bits per heavy atom. The Labute approximate surface area is 120 Å². The fraction of sp³-hybridized carbons (Fsp3) is 0.353. The highest BCUT2D eigenvalue weighted by Gasteiger charge is 2.14. The smallest absolute Gasteiger partial charge is 0.122 e. The Balaban J connectivity index is 2.40. The maximum absolute atomic E-state index is 9.25. The average molecular weight is 267 g/mol. The number of nitriles is 1. The summed E-state index contributed by atoms with van der Waals surface area (Å²) in [6.45, 7) is 7.20. The molecule has 0 amide bonds. The van der Waals surface area contributed by atoms with Gasteiger partial charge in [0.05, 0.1) is 5.69 Å². The van der Waals surface area contributed by atoms with Crippen molar-refractivity contribution in [2.45, 2.75) is 33.7 Å². The van der Waals surface area contributed by atoms with E-state index in [4.69, 9.17) is 5.73 Å². The lowest BCUT2D eigenvalue weighted by atomic mass is 10.1. The van der Waals surface area contributed by atoms with Gasteiger partial charge in [0.1, 0.15) is 11.8 Å². The van der Waals surface area contributed by atoms with Crippen molar-refractivity contribution < 1.29 is 0 Å². The van der Waals surface area contributed by atoms with Crippen LogP contribution in [0, 0.1) is 24.2 Å². The van der Waals surface area contributed by atoms with Crippen LogP contribution in [0.5, 0.6) is 0 Å². The van der Waals surface area contributed by atoms with Crippen LogP contribution in [-0.2, 0) is 13.0 Å². The van der Waals surface area contributed by atoms with E-state index in [-0.39, 0.29) is 0 Å². The molecule has 0 radical (unpaired) electrons. The summed E-state index contributed by atoms with van der Waals surface area (Å²) in [5.41, 5.74) is 11.0. The monoisotopic (exact) mass is 267 g/mol. The number of nitrogens with zero attached hydrogens (tertiary/aromatic N) is 2. The molecule has 0 aliphatic rings. The van der Waals surface area contributed by atoms with Crippen molar-refractivity contribution in [2.75, 3.05) is 5.73 Å². The van der Waals surface area contributed by atoms with Crippen molar-refractivity contribution in [3.8, 4) is 6.07 Å². The number of anilines is 1. The third-order valence-electron chi connectivity index (χ3n) is 3.36. The number of rotatable bonds is 4. The van der Waals surface area contributed by atoms with E-state index in [1.54, 1.807) is 6.07 Å². The second kappa shape index (κ2) is 5.83. The number of benzene rings is 1. The number of aromatic nitrogens is 1. The van der Waals surface area contributed by atoms with Gasteiger partial charge < -0.3 is 10.3 Å². The number of nitrogen functional groups attached to an aromatic ring is 1. The van der Waals surface area contributed by atoms with Gasteiger partial charge in [-0.05, 0) is 24.5 Å². The van der Waals surface area contributed by atoms with E-state index < -0.39 is 0 Å². The van der Waals surface area contributed by atoms with Gasteiger partial charge in [-0.1, -0.05) is 43.7 Å². The van der Waals surface area contributed by atoms with Crippen molar-refractivity contribution in [2.24, 2.45) is 5.92 Å². The standard InChI is InChI=1S/C17H21N3/c1-12(2)11-20-15(10-18)9-16(19)17(20)8-14-6-4-5-13(3)7-14/h4-7,9,12H,8,11,19H2,1-3H3. The Morgan fingerprint density at radius 3 is 2.65 bits per heavy atom. The SMILES string of the molecule is Cc1cccc(Cc2c(N)cc(C#N)n2CC(C)C)c1. The van der Waals surface area contributed by atoms with Crippen LogP contribution in [-0.4, -0.2) is 4.57 Å². The predicted octanol–water partition coefficient (Wildman–Crippen LogP) is 3.50. The summed E-state index contributed by atoms with van der Waals surface area (Å²) < 4.78 is 2.06. The normalized spacial score (nSPS) is 10.8. The molecule has 3 nitrogen and oxygen atoms in total. The van der Waals surface area contributed by atoms with E-state index in [9.17, 15) is 5.26 Å². The van der Waals surface area contributed by atoms with Gasteiger partial charge in [0, 0.05) is 18.7 Å². The molecule has 0 atom stereocenters. The minimum Gasteiger partial charge on any atom is -0.397 e. The topological polar surface area (TPSA) is 54.7 Å². The quantitative estimate of drug-likeness (QED) is 0.921. The molecule has 20 heavy (non-hydrogen) atoms. The zero-order valence-corrected chi connectivity index (χ0v) is 12.4. The van der Waals surface area contributed by atoms with Gasteiger partial charge in [-0.15, -0.1) is 0 Å². The molecule has 0 spiro atoms. The molecule has 1 aromatic heterocycles. The lowest BCUT2D eigenvalue weighted by Crippen LogP contribution is -2.11. The summed E-state index contributed by atoms with van der Waals surface area (Å²) in [4.78, 5) is 0. The van der Waals surface area contributed by atoms with Crippen LogP contribution >= 0.6 is 0 Å². The number of hydrogen-bond donors (Lipinski definition) is 1. The molecule has 2 rings (SSSR count). The molecule has 0 saturated carbocycles. The molecule has 0 aliphatic carbocycles. The van der Waals surface area contributed by atoms with Crippen LogP contribution < -0.4 is 5.73 Å². The van der Waals surface area contributed by atoms with Crippen LogP contribution in [0.15, 0.2) is 30.3 Å².